The first kappa shape index (κ1) is 14.1. The standard InChI is InChI=1S/C21H17N4/c1-14-6-3-4-7-16(14)19-12-17-15(13-24(19)2)9-11-25-18-8-5-10-22-20(18)23-21(17)25/h3-13H,1-2H3/q+1. The largest absolute Gasteiger partial charge is 0.350 e. The summed E-state index contributed by atoms with van der Waals surface area (Å²) in [6.45, 7) is 2.15. The Morgan fingerprint density at radius 1 is 1.04 bits per heavy atom. The van der Waals surface area contributed by atoms with Gasteiger partial charge >= 0.3 is 11.3 Å². The molecule has 5 aromatic rings. The van der Waals surface area contributed by atoms with Gasteiger partial charge in [0.2, 0.25) is 5.52 Å². The third-order valence-electron chi connectivity index (χ3n) is 4.84. The van der Waals surface area contributed by atoms with E-state index in [2.05, 4.69) is 82.8 Å². The zero-order chi connectivity index (χ0) is 17.0. The molecule has 0 bridgehead atoms. The summed E-state index contributed by atoms with van der Waals surface area (Å²) in [6, 6.07) is 16.8. The normalized spacial score (nSPS) is 11.6. The van der Waals surface area contributed by atoms with E-state index in [1.807, 2.05) is 6.07 Å². The van der Waals surface area contributed by atoms with Crippen molar-refractivity contribution in [2.24, 2.45) is 7.05 Å². The Labute approximate surface area is 145 Å². The van der Waals surface area contributed by atoms with Crippen molar-refractivity contribution in [1.29, 1.82) is 0 Å². The minimum absolute atomic E-state index is 0.778. The quantitative estimate of drug-likeness (QED) is 0.439. The lowest BCUT2D eigenvalue weighted by Gasteiger charge is -2.12. The Morgan fingerprint density at radius 3 is 2.80 bits per heavy atom. The van der Waals surface area contributed by atoms with E-state index in [4.69, 9.17) is 4.98 Å². The first-order chi connectivity index (χ1) is 12.2. The lowest BCUT2D eigenvalue weighted by atomic mass is 10.0. The summed E-state index contributed by atoms with van der Waals surface area (Å²) < 4.78 is 4.30. The first-order valence-corrected chi connectivity index (χ1v) is 8.33. The SMILES string of the molecule is Cc1ccccc1-c1cc2c(cc[n+]3c4cccnc4nc23)cn1C. The molecule has 5 rings (SSSR count). The summed E-state index contributed by atoms with van der Waals surface area (Å²) >= 11 is 0. The van der Waals surface area contributed by atoms with Gasteiger partial charge in [-0.05, 0) is 41.7 Å². The number of aromatic nitrogens is 4. The molecule has 25 heavy (non-hydrogen) atoms. The van der Waals surface area contributed by atoms with E-state index in [9.17, 15) is 0 Å². The van der Waals surface area contributed by atoms with Gasteiger partial charge in [-0.3, -0.25) is 0 Å². The average molecular weight is 325 g/mol. The maximum Gasteiger partial charge on any atom is 0.339 e. The fraction of sp³-hybridized carbons (Fsp3) is 0.0952. The van der Waals surface area contributed by atoms with Crippen molar-refractivity contribution in [3.8, 4) is 11.3 Å². The second-order valence-corrected chi connectivity index (χ2v) is 6.42. The van der Waals surface area contributed by atoms with Crippen LogP contribution in [0.4, 0.5) is 0 Å². The Kier molecular flexibility index (Phi) is 2.88. The highest BCUT2D eigenvalue weighted by Crippen LogP contribution is 2.28. The third-order valence-corrected chi connectivity index (χ3v) is 4.84. The monoisotopic (exact) mass is 325 g/mol. The van der Waals surface area contributed by atoms with Crippen LogP contribution < -0.4 is 4.40 Å². The molecule has 0 radical (unpaired) electrons. The molecular weight excluding hydrogens is 308 g/mol. The summed E-state index contributed by atoms with van der Waals surface area (Å²) in [6.07, 6.45) is 6.03. The van der Waals surface area contributed by atoms with Crippen LogP contribution in [0.15, 0.2) is 67.1 Å². The van der Waals surface area contributed by atoms with Gasteiger partial charge in [0.1, 0.15) is 0 Å². The predicted octanol–water partition coefficient (Wildman–Crippen LogP) is 3.84. The summed E-state index contributed by atoms with van der Waals surface area (Å²) in [4.78, 5) is 9.17. The maximum atomic E-state index is 4.77. The van der Waals surface area contributed by atoms with Crippen LogP contribution in [-0.2, 0) is 7.05 Å². The summed E-state index contributed by atoms with van der Waals surface area (Å²) in [7, 11) is 2.09. The third kappa shape index (κ3) is 2.04. The van der Waals surface area contributed by atoms with Crippen molar-refractivity contribution in [1.82, 2.24) is 14.5 Å². The number of aryl methyl sites for hydroxylation is 2. The summed E-state index contributed by atoms with van der Waals surface area (Å²) in [5.74, 6) is 0. The van der Waals surface area contributed by atoms with Gasteiger partial charge in [-0.2, -0.15) is 4.40 Å². The van der Waals surface area contributed by atoms with E-state index in [-0.39, 0.29) is 0 Å². The molecule has 4 aromatic heterocycles. The van der Waals surface area contributed by atoms with Crippen LogP contribution >= 0.6 is 0 Å². The highest BCUT2D eigenvalue weighted by molar-refractivity contribution is 5.95. The van der Waals surface area contributed by atoms with Crippen molar-refractivity contribution >= 4 is 27.6 Å². The van der Waals surface area contributed by atoms with Gasteiger partial charge in [0.05, 0.1) is 11.6 Å². The summed E-state index contributed by atoms with van der Waals surface area (Å²) in [5, 5.41) is 2.31. The molecule has 0 atom stereocenters. The molecule has 4 heterocycles. The van der Waals surface area contributed by atoms with Gasteiger partial charge in [-0.25, -0.2) is 4.98 Å². The number of rotatable bonds is 1. The van der Waals surface area contributed by atoms with E-state index in [0.29, 0.717) is 0 Å². The van der Waals surface area contributed by atoms with Crippen LogP contribution in [0.1, 0.15) is 5.56 Å². The molecule has 0 saturated carbocycles. The minimum atomic E-state index is 0.778. The Hall–Kier alpha value is -3.27. The highest BCUT2D eigenvalue weighted by Gasteiger charge is 2.19. The van der Waals surface area contributed by atoms with Crippen molar-refractivity contribution in [2.75, 3.05) is 0 Å². The van der Waals surface area contributed by atoms with Crippen LogP contribution in [0.25, 0.3) is 38.8 Å². The Bertz CT molecular complexity index is 1270. The molecule has 120 valence electrons. The molecule has 4 heteroatoms. The van der Waals surface area contributed by atoms with Crippen molar-refractivity contribution in [3.05, 3.63) is 72.7 Å². The number of fused-ring (bicyclic) bond motifs is 5. The molecule has 0 aliphatic rings. The summed E-state index contributed by atoms with van der Waals surface area (Å²) in [5.41, 5.74) is 6.44. The number of benzene rings is 1. The van der Waals surface area contributed by atoms with Crippen molar-refractivity contribution in [3.63, 3.8) is 0 Å². The molecule has 0 spiro atoms. The highest BCUT2D eigenvalue weighted by atomic mass is 15.0. The molecule has 1 aromatic carbocycles. The predicted molar refractivity (Wildman–Crippen MR) is 99.3 cm³/mol. The number of hydrogen-bond acceptors (Lipinski definition) is 2. The van der Waals surface area contributed by atoms with E-state index >= 15 is 0 Å². The molecule has 0 unspecified atom stereocenters. The second-order valence-electron chi connectivity index (χ2n) is 6.42. The molecule has 0 aliphatic carbocycles. The zero-order valence-corrected chi connectivity index (χ0v) is 14.1. The van der Waals surface area contributed by atoms with Gasteiger partial charge in [-0.15, -0.1) is 0 Å². The van der Waals surface area contributed by atoms with Crippen LogP contribution in [0.2, 0.25) is 0 Å². The Balaban J connectivity index is 1.91. The second kappa shape index (κ2) is 5.11. The fourth-order valence-electron chi connectivity index (χ4n) is 3.55. The number of nitrogens with zero attached hydrogens (tertiary/aromatic N) is 4. The van der Waals surface area contributed by atoms with Gasteiger partial charge in [-0.1, -0.05) is 24.3 Å². The van der Waals surface area contributed by atoms with Crippen LogP contribution in [0.3, 0.4) is 0 Å². The van der Waals surface area contributed by atoms with Crippen molar-refractivity contribution < 1.29 is 4.40 Å². The molecular formula is C21H17N4+. The van der Waals surface area contributed by atoms with Gasteiger partial charge < -0.3 is 4.57 Å². The molecule has 0 amide bonds. The Morgan fingerprint density at radius 2 is 1.92 bits per heavy atom. The van der Waals surface area contributed by atoms with Gasteiger partial charge in [0.25, 0.3) is 0 Å². The molecule has 4 nitrogen and oxygen atoms in total. The lowest BCUT2D eigenvalue weighted by molar-refractivity contribution is -0.479. The maximum absolute atomic E-state index is 4.77. The van der Waals surface area contributed by atoms with Crippen LogP contribution in [0, 0.1) is 6.92 Å². The molecule has 0 saturated heterocycles. The van der Waals surface area contributed by atoms with E-state index in [1.165, 1.54) is 22.2 Å². The van der Waals surface area contributed by atoms with Crippen LogP contribution in [0.5, 0.6) is 0 Å². The number of hydrogen-bond donors (Lipinski definition) is 0. The molecule has 0 aliphatic heterocycles. The van der Waals surface area contributed by atoms with Crippen LogP contribution in [-0.4, -0.2) is 14.5 Å². The van der Waals surface area contributed by atoms with Crippen molar-refractivity contribution in [2.45, 2.75) is 6.92 Å². The smallest absolute Gasteiger partial charge is 0.339 e. The number of pyridine rings is 3. The fourth-order valence-corrected chi connectivity index (χ4v) is 3.55. The average Bonchev–Trinajstić information content (AvgIpc) is 3.01. The minimum Gasteiger partial charge on any atom is -0.350 e. The lowest BCUT2D eigenvalue weighted by Crippen LogP contribution is -2.19. The topological polar surface area (TPSA) is 34.8 Å². The number of imidazole rings is 1. The van der Waals surface area contributed by atoms with Gasteiger partial charge in [0, 0.05) is 36.1 Å². The molecule has 0 N–H and O–H groups in total. The van der Waals surface area contributed by atoms with Gasteiger partial charge in [0.15, 0.2) is 0 Å². The zero-order valence-electron chi connectivity index (χ0n) is 14.1. The van der Waals surface area contributed by atoms with E-state index < -0.39 is 0 Å². The van der Waals surface area contributed by atoms with E-state index in [0.717, 1.165) is 22.2 Å². The van der Waals surface area contributed by atoms with E-state index in [1.54, 1.807) is 6.20 Å². The molecule has 0 fully saturated rings. The first-order valence-electron chi connectivity index (χ1n) is 8.33.